The van der Waals surface area contributed by atoms with Crippen LogP contribution in [0.1, 0.15) is 29.6 Å². The molecular formula is C23H23N3O3. The number of amides is 1. The zero-order chi connectivity index (χ0) is 19.9. The van der Waals surface area contributed by atoms with Crippen LogP contribution >= 0.6 is 0 Å². The summed E-state index contributed by atoms with van der Waals surface area (Å²) in [5.41, 5.74) is 2.26. The summed E-state index contributed by atoms with van der Waals surface area (Å²) in [6.45, 7) is 1.16. The molecule has 2 bridgehead atoms. The van der Waals surface area contributed by atoms with Gasteiger partial charge in [-0.25, -0.2) is 4.98 Å². The summed E-state index contributed by atoms with van der Waals surface area (Å²) in [7, 11) is 0. The van der Waals surface area contributed by atoms with E-state index in [1.165, 1.54) is 0 Å². The Labute approximate surface area is 169 Å². The second kappa shape index (κ2) is 6.90. The molecule has 2 N–H and O–H groups in total. The molecule has 2 atom stereocenters. The molecule has 5 rings (SSSR count). The molecule has 1 amide bonds. The Bertz CT molecular complexity index is 1060. The number of rotatable bonds is 5. The fourth-order valence-electron chi connectivity index (χ4n) is 4.63. The molecule has 29 heavy (non-hydrogen) atoms. The molecule has 2 aromatic heterocycles. The van der Waals surface area contributed by atoms with E-state index in [9.17, 15) is 9.90 Å². The number of hydrogen-bond acceptors (Lipinski definition) is 5. The lowest BCUT2D eigenvalue weighted by Gasteiger charge is -2.28. The van der Waals surface area contributed by atoms with Crippen molar-refractivity contribution < 1.29 is 14.6 Å². The van der Waals surface area contributed by atoms with Crippen LogP contribution in [0.3, 0.4) is 0 Å². The second-order valence-corrected chi connectivity index (χ2v) is 8.28. The molecule has 3 aromatic rings. The molecule has 3 heterocycles. The molecule has 1 aromatic carbocycles. The normalized spacial score (nSPS) is 25.4. The minimum atomic E-state index is -0.356. The summed E-state index contributed by atoms with van der Waals surface area (Å²) in [4.78, 5) is 22.2. The van der Waals surface area contributed by atoms with Crippen LogP contribution < -0.4 is 5.32 Å². The van der Waals surface area contributed by atoms with Crippen LogP contribution in [0.4, 0.5) is 0 Å². The van der Waals surface area contributed by atoms with Crippen molar-refractivity contribution in [3.8, 4) is 11.4 Å². The fraction of sp³-hybridized carbons (Fsp3) is 0.348. The molecule has 6 heteroatoms. The van der Waals surface area contributed by atoms with Crippen molar-refractivity contribution in [2.75, 3.05) is 19.8 Å². The minimum absolute atomic E-state index is 0.125. The van der Waals surface area contributed by atoms with Crippen molar-refractivity contribution in [1.29, 1.82) is 0 Å². The summed E-state index contributed by atoms with van der Waals surface area (Å²) in [6, 6.07) is 15.1. The molecule has 1 aliphatic heterocycles. The monoisotopic (exact) mass is 389 g/mol. The summed E-state index contributed by atoms with van der Waals surface area (Å²) in [6.07, 6.45) is 4.33. The van der Waals surface area contributed by atoms with Gasteiger partial charge < -0.3 is 15.2 Å². The average molecular weight is 389 g/mol. The van der Waals surface area contributed by atoms with Crippen LogP contribution in [0.5, 0.6) is 0 Å². The van der Waals surface area contributed by atoms with Crippen LogP contribution in [0.15, 0.2) is 54.7 Å². The number of aliphatic hydroxyl groups excluding tert-OH is 1. The van der Waals surface area contributed by atoms with Gasteiger partial charge in [0.15, 0.2) is 0 Å². The van der Waals surface area contributed by atoms with Gasteiger partial charge >= 0.3 is 0 Å². The van der Waals surface area contributed by atoms with Crippen LogP contribution in [-0.4, -0.2) is 46.3 Å². The van der Waals surface area contributed by atoms with Crippen molar-refractivity contribution in [2.24, 2.45) is 5.41 Å². The highest BCUT2D eigenvalue weighted by Crippen LogP contribution is 2.52. The van der Waals surface area contributed by atoms with Crippen molar-refractivity contribution in [3.05, 3.63) is 60.3 Å². The summed E-state index contributed by atoms with van der Waals surface area (Å²) >= 11 is 0. The van der Waals surface area contributed by atoms with Gasteiger partial charge in [-0.15, -0.1) is 0 Å². The number of pyridine rings is 2. The van der Waals surface area contributed by atoms with E-state index in [4.69, 9.17) is 4.74 Å². The van der Waals surface area contributed by atoms with E-state index in [1.807, 2.05) is 42.5 Å². The lowest BCUT2D eigenvalue weighted by atomic mass is 9.89. The van der Waals surface area contributed by atoms with E-state index >= 15 is 0 Å². The number of fused-ring (bicyclic) bond motifs is 3. The van der Waals surface area contributed by atoms with Gasteiger partial charge in [-0.05, 0) is 43.5 Å². The van der Waals surface area contributed by atoms with Gasteiger partial charge in [0.05, 0.1) is 41.3 Å². The molecule has 1 saturated heterocycles. The number of carbonyl (C=O) groups is 1. The first-order valence-electron chi connectivity index (χ1n) is 9.96. The SMILES string of the molecule is O=C(NCC12CCC(CO)(CO1)C2)c1cc(-c2ccccn2)nc2ccccc12. The van der Waals surface area contributed by atoms with Crippen molar-refractivity contribution in [1.82, 2.24) is 15.3 Å². The smallest absolute Gasteiger partial charge is 0.252 e. The molecule has 0 radical (unpaired) electrons. The Kier molecular flexibility index (Phi) is 4.33. The standard InChI is InChI=1S/C23H23N3O3/c27-14-22-8-9-23(12-22,29-15-22)13-25-21(28)17-11-20(19-7-3-4-10-24-19)26-18-6-2-1-5-16(17)18/h1-7,10-11,27H,8-9,12-15H2,(H,25,28). The highest BCUT2D eigenvalue weighted by atomic mass is 16.5. The molecule has 6 nitrogen and oxygen atoms in total. The summed E-state index contributed by atoms with van der Waals surface area (Å²) < 4.78 is 6.00. The molecule has 2 aliphatic rings. The average Bonchev–Trinajstić information content (AvgIpc) is 3.35. The number of aliphatic hydroxyl groups is 1. The van der Waals surface area contributed by atoms with E-state index in [0.29, 0.717) is 24.4 Å². The molecule has 0 spiro atoms. The van der Waals surface area contributed by atoms with Crippen molar-refractivity contribution in [2.45, 2.75) is 24.9 Å². The lowest BCUT2D eigenvalue weighted by Crippen LogP contribution is -2.41. The van der Waals surface area contributed by atoms with Crippen LogP contribution in [0.2, 0.25) is 0 Å². The van der Waals surface area contributed by atoms with Gasteiger partial charge in [0, 0.05) is 23.5 Å². The van der Waals surface area contributed by atoms with Crippen molar-refractivity contribution in [3.63, 3.8) is 0 Å². The van der Waals surface area contributed by atoms with Crippen molar-refractivity contribution >= 4 is 16.8 Å². The molecular weight excluding hydrogens is 366 g/mol. The maximum atomic E-state index is 13.2. The maximum absolute atomic E-state index is 13.2. The molecule has 1 saturated carbocycles. The Morgan fingerprint density at radius 1 is 1.14 bits per heavy atom. The predicted molar refractivity (Wildman–Crippen MR) is 109 cm³/mol. The van der Waals surface area contributed by atoms with E-state index in [-0.39, 0.29) is 23.5 Å². The van der Waals surface area contributed by atoms with E-state index in [2.05, 4.69) is 15.3 Å². The largest absolute Gasteiger partial charge is 0.396 e. The Morgan fingerprint density at radius 2 is 2.00 bits per heavy atom. The third-order valence-electron chi connectivity index (χ3n) is 6.29. The van der Waals surface area contributed by atoms with E-state index < -0.39 is 0 Å². The van der Waals surface area contributed by atoms with Crippen LogP contribution in [0, 0.1) is 5.41 Å². The maximum Gasteiger partial charge on any atom is 0.252 e. The van der Waals surface area contributed by atoms with Crippen LogP contribution in [-0.2, 0) is 4.74 Å². The van der Waals surface area contributed by atoms with Gasteiger partial charge in [0.2, 0.25) is 0 Å². The zero-order valence-corrected chi connectivity index (χ0v) is 16.1. The Balaban J connectivity index is 1.44. The number of para-hydroxylation sites is 1. The number of ether oxygens (including phenoxy) is 1. The van der Waals surface area contributed by atoms with Gasteiger partial charge in [0.25, 0.3) is 5.91 Å². The van der Waals surface area contributed by atoms with Gasteiger partial charge in [-0.2, -0.15) is 0 Å². The number of nitrogens with one attached hydrogen (secondary N) is 1. The van der Waals surface area contributed by atoms with Gasteiger partial charge in [-0.3, -0.25) is 9.78 Å². The highest BCUT2D eigenvalue weighted by Gasteiger charge is 2.55. The third kappa shape index (κ3) is 3.18. The second-order valence-electron chi connectivity index (χ2n) is 8.28. The predicted octanol–water partition coefficient (Wildman–Crippen LogP) is 2.96. The minimum Gasteiger partial charge on any atom is -0.396 e. The van der Waals surface area contributed by atoms with E-state index in [1.54, 1.807) is 12.3 Å². The number of benzene rings is 1. The Morgan fingerprint density at radius 3 is 2.72 bits per heavy atom. The molecule has 2 unspecified atom stereocenters. The molecule has 1 aliphatic carbocycles. The summed E-state index contributed by atoms with van der Waals surface area (Å²) in [5, 5.41) is 13.6. The highest BCUT2D eigenvalue weighted by molar-refractivity contribution is 6.07. The Hall–Kier alpha value is -2.83. The third-order valence-corrected chi connectivity index (χ3v) is 6.29. The zero-order valence-electron chi connectivity index (χ0n) is 16.1. The first-order chi connectivity index (χ1) is 14.1. The van der Waals surface area contributed by atoms with E-state index in [0.717, 1.165) is 35.9 Å². The summed E-state index contributed by atoms with van der Waals surface area (Å²) in [5.74, 6) is -0.146. The number of nitrogens with zero attached hydrogens (tertiary/aromatic N) is 2. The first-order valence-corrected chi connectivity index (χ1v) is 9.96. The number of aromatic nitrogens is 2. The molecule has 148 valence electrons. The fourth-order valence-corrected chi connectivity index (χ4v) is 4.63. The topological polar surface area (TPSA) is 84.3 Å². The van der Waals surface area contributed by atoms with Gasteiger partial charge in [-0.1, -0.05) is 24.3 Å². The molecule has 2 fully saturated rings. The van der Waals surface area contributed by atoms with Crippen LogP contribution in [0.25, 0.3) is 22.3 Å². The lowest BCUT2D eigenvalue weighted by molar-refractivity contribution is -0.0339. The number of carbonyl (C=O) groups excluding carboxylic acids is 1. The quantitative estimate of drug-likeness (QED) is 0.701. The van der Waals surface area contributed by atoms with Gasteiger partial charge in [0.1, 0.15) is 0 Å². The number of hydrogen-bond donors (Lipinski definition) is 2. The first kappa shape index (κ1) is 18.2.